The van der Waals surface area contributed by atoms with Crippen molar-refractivity contribution in [3.63, 3.8) is 0 Å². The Bertz CT molecular complexity index is 320. The van der Waals surface area contributed by atoms with Gasteiger partial charge in [0, 0.05) is 13.1 Å². The molecule has 0 amide bonds. The van der Waals surface area contributed by atoms with Gasteiger partial charge in [-0.25, -0.2) is 0 Å². The van der Waals surface area contributed by atoms with E-state index in [4.69, 9.17) is 9.47 Å². The van der Waals surface area contributed by atoms with E-state index in [0.717, 1.165) is 19.4 Å². The maximum atomic E-state index is 12.1. The molecule has 0 aliphatic carbocycles. The summed E-state index contributed by atoms with van der Waals surface area (Å²) in [5.41, 5.74) is 0. The van der Waals surface area contributed by atoms with E-state index >= 15 is 0 Å². The average Bonchev–Trinajstić information content (AvgIpc) is 2.50. The molecular formula is C17H33NO4. The molecule has 130 valence electrons. The quantitative estimate of drug-likeness (QED) is 0.518. The first-order chi connectivity index (χ1) is 10.5. The lowest BCUT2D eigenvalue weighted by atomic mass is 9.93. The zero-order chi connectivity index (χ0) is 17.0. The molecule has 0 aromatic heterocycles. The van der Waals surface area contributed by atoms with Crippen molar-refractivity contribution < 1.29 is 19.1 Å². The van der Waals surface area contributed by atoms with Crippen LogP contribution in [0.1, 0.15) is 53.9 Å². The Hall–Kier alpha value is -1.10. The number of rotatable bonds is 12. The predicted octanol–water partition coefficient (Wildman–Crippen LogP) is 2.88. The number of carbonyl (C=O) groups excluding carboxylic acids is 2. The maximum absolute atomic E-state index is 12.1. The minimum Gasteiger partial charge on any atom is -0.466 e. The number of hydrogen-bond donors (Lipinski definition) is 0. The van der Waals surface area contributed by atoms with Crippen molar-refractivity contribution in [2.75, 3.05) is 32.8 Å². The summed E-state index contributed by atoms with van der Waals surface area (Å²) in [5, 5.41) is 0. The average molecular weight is 315 g/mol. The molecule has 0 N–H and O–H groups in total. The van der Waals surface area contributed by atoms with Crippen molar-refractivity contribution in [2.24, 2.45) is 11.8 Å². The minimum absolute atomic E-state index is 0.127. The maximum Gasteiger partial charge on any atom is 0.310 e. The SMILES string of the molecule is CCOC(=O)CCN(CC)CC(CC(C)CC)C(=O)OCC. The van der Waals surface area contributed by atoms with E-state index < -0.39 is 0 Å². The molecule has 0 saturated heterocycles. The van der Waals surface area contributed by atoms with Gasteiger partial charge >= 0.3 is 11.9 Å². The van der Waals surface area contributed by atoms with E-state index in [-0.39, 0.29) is 17.9 Å². The number of carbonyl (C=O) groups is 2. The van der Waals surface area contributed by atoms with Crippen LogP contribution in [0.2, 0.25) is 0 Å². The molecule has 2 atom stereocenters. The summed E-state index contributed by atoms with van der Waals surface area (Å²) >= 11 is 0. The molecule has 5 nitrogen and oxygen atoms in total. The third-order valence-corrected chi connectivity index (χ3v) is 3.87. The number of nitrogens with zero attached hydrogens (tertiary/aromatic N) is 1. The molecule has 0 aromatic rings. The van der Waals surface area contributed by atoms with Crippen LogP contribution in [0.5, 0.6) is 0 Å². The zero-order valence-electron chi connectivity index (χ0n) is 14.9. The van der Waals surface area contributed by atoms with E-state index in [0.29, 0.717) is 38.6 Å². The van der Waals surface area contributed by atoms with Crippen molar-refractivity contribution in [2.45, 2.75) is 53.9 Å². The fourth-order valence-electron chi connectivity index (χ4n) is 2.33. The third kappa shape index (κ3) is 9.03. The lowest BCUT2D eigenvalue weighted by Crippen LogP contribution is -2.36. The lowest BCUT2D eigenvalue weighted by Gasteiger charge is -2.26. The topological polar surface area (TPSA) is 55.8 Å². The number of ether oxygens (including phenoxy) is 2. The van der Waals surface area contributed by atoms with Gasteiger partial charge in [-0.05, 0) is 32.7 Å². The summed E-state index contributed by atoms with van der Waals surface area (Å²) < 4.78 is 10.2. The van der Waals surface area contributed by atoms with Crippen LogP contribution >= 0.6 is 0 Å². The molecule has 0 rings (SSSR count). The van der Waals surface area contributed by atoms with Crippen LogP contribution in [-0.4, -0.2) is 49.7 Å². The van der Waals surface area contributed by atoms with Gasteiger partial charge in [-0.2, -0.15) is 0 Å². The van der Waals surface area contributed by atoms with Crippen LogP contribution in [0.3, 0.4) is 0 Å². The number of esters is 2. The molecule has 0 aliphatic rings. The van der Waals surface area contributed by atoms with Gasteiger partial charge in [-0.3, -0.25) is 9.59 Å². The molecule has 2 unspecified atom stereocenters. The largest absolute Gasteiger partial charge is 0.466 e. The summed E-state index contributed by atoms with van der Waals surface area (Å²) in [6.07, 6.45) is 2.23. The Morgan fingerprint density at radius 1 is 1.05 bits per heavy atom. The van der Waals surface area contributed by atoms with Crippen LogP contribution in [0, 0.1) is 11.8 Å². The van der Waals surface area contributed by atoms with Gasteiger partial charge in [0.25, 0.3) is 0 Å². The van der Waals surface area contributed by atoms with E-state index in [1.165, 1.54) is 0 Å². The Morgan fingerprint density at radius 3 is 2.18 bits per heavy atom. The van der Waals surface area contributed by atoms with E-state index in [1.54, 1.807) is 6.92 Å². The Balaban J connectivity index is 4.56. The first kappa shape index (κ1) is 20.9. The normalized spacial score (nSPS) is 13.7. The summed E-state index contributed by atoms with van der Waals surface area (Å²) in [6, 6.07) is 0. The molecule has 0 fully saturated rings. The summed E-state index contributed by atoms with van der Waals surface area (Å²) in [6.45, 7) is 12.8. The van der Waals surface area contributed by atoms with Gasteiger partial charge in [0.2, 0.25) is 0 Å². The first-order valence-electron chi connectivity index (χ1n) is 8.52. The van der Waals surface area contributed by atoms with E-state index in [9.17, 15) is 9.59 Å². The highest BCUT2D eigenvalue weighted by molar-refractivity contribution is 5.72. The molecule has 0 heterocycles. The molecule has 0 radical (unpaired) electrons. The summed E-state index contributed by atoms with van der Waals surface area (Å²) in [7, 11) is 0. The molecule has 0 spiro atoms. The fourth-order valence-corrected chi connectivity index (χ4v) is 2.33. The Labute approximate surface area is 135 Å². The monoisotopic (exact) mass is 315 g/mol. The van der Waals surface area contributed by atoms with Crippen LogP contribution in [0.15, 0.2) is 0 Å². The van der Waals surface area contributed by atoms with Crippen LogP contribution in [0.25, 0.3) is 0 Å². The van der Waals surface area contributed by atoms with Crippen molar-refractivity contribution in [1.29, 1.82) is 0 Å². The molecular weight excluding hydrogens is 282 g/mol. The standard InChI is InChI=1S/C17H33NO4/c1-6-14(5)12-15(17(20)22-9-4)13-18(7-2)11-10-16(19)21-8-3/h14-15H,6-13H2,1-5H3. The fraction of sp³-hybridized carbons (Fsp3) is 0.882. The smallest absolute Gasteiger partial charge is 0.310 e. The molecule has 22 heavy (non-hydrogen) atoms. The van der Waals surface area contributed by atoms with Gasteiger partial charge in [-0.1, -0.05) is 27.2 Å². The summed E-state index contributed by atoms with van der Waals surface area (Å²) in [5.74, 6) is 0.0446. The lowest BCUT2D eigenvalue weighted by molar-refractivity contribution is -0.149. The van der Waals surface area contributed by atoms with Gasteiger partial charge in [0.05, 0.1) is 25.6 Å². The van der Waals surface area contributed by atoms with Gasteiger partial charge < -0.3 is 14.4 Å². The third-order valence-electron chi connectivity index (χ3n) is 3.87. The van der Waals surface area contributed by atoms with Crippen molar-refractivity contribution in [3.05, 3.63) is 0 Å². The molecule has 0 bridgehead atoms. The second-order valence-electron chi connectivity index (χ2n) is 5.65. The second-order valence-corrected chi connectivity index (χ2v) is 5.65. The van der Waals surface area contributed by atoms with Gasteiger partial charge in [0.15, 0.2) is 0 Å². The Morgan fingerprint density at radius 2 is 1.68 bits per heavy atom. The highest BCUT2D eigenvalue weighted by Crippen LogP contribution is 2.18. The summed E-state index contributed by atoms with van der Waals surface area (Å²) in [4.78, 5) is 25.7. The highest BCUT2D eigenvalue weighted by Gasteiger charge is 2.24. The molecule has 0 aliphatic heterocycles. The van der Waals surface area contributed by atoms with Crippen LogP contribution < -0.4 is 0 Å². The predicted molar refractivity (Wildman–Crippen MR) is 87.6 cm³/mol. The first-order valence-corrected chi connectivity index (χ1v) is 8.52. The van der Waals surface area contributed by atoms with E-state index in [1.807, 2.05) is 13.8 Å². The zero-order valence-corrected chi connectivity index (χ0v) is 14.9. The van der Waals surface area contributed by atoms with E-state index in [2.05, 4.69) is 18.7 Å². The minimum atomic E-state index is -0.185. The molecule has 0 aromatic carbocycles. The van der Waals surface area contributed by atoms with Crippen LogP contribution in [-0.2, 0) is 19.1 Å². The molecule has 0 saturated carbocycles. The van der Waals surface area contributed by atoms with Gasteiger partial charge in [-0.15, -0.1) is 0 Å². The van der Waals surface area contributed by atoms with Crippen LogP contribution in [0.4, 0.5) is 0 Å². The van der Waals surface area contributed by atoms with Crippen molar-refractivity contribution in [3.8, 4) is 0 Å². The Kier molecular flexibility index (Phi) is 11.8. The second kappa shape index (κ2) is 12.4. The highest BCUT2D eigenvalue weighted by atomic mass is 16.5. The van der Waals surface area contributed by atoms with Crippen molar-refractivity contribution in [1.82, 2.24) is 4.90 Å². The number of hydrogen-bond acceptors (Lipinski definition) is 5. The van der Waals surface area contributed by atoms with Crippen molar-refractivity contribution >= 4 is 11.9 Å². The molecule has 5 heteroatoms. The van der Waals surface area contributed by atoms with Gasteiger partial charge in [0.1, 0.15) is 0 Å².